The van der Waals surface area contributed by atoms with Gasteiger partial charge in [-0.15, -0.1) is 0 Å². The van der Waals surface area contributed by atoms with Crippen molar-refractivity contribution in [3.05, 3.63) is 28.2 Å². The van der Waals surface area contributed by atoms with E-state index in [9.17, 15) is 0 Å². The molecule has 0 atom stereocenters. The van der Waals surface area contributed by atoms with Crippen molar-refractivity contribution in [3.8, 4) is 0 Å². The second kappa shape index (κ2) is 6.89. The molecule has 1 aromatic carbocycles. The van der Waals surface area contributed by atoms with Crippen LogP contribution >= 0.6 is 15.9 Å². The molecular formula is C12H18BrNO2. The number of aliphatic hydroxyl groups excluding tert-OH is 1. The Morgan fingerprint density at radius 2 is 2.12 bits per heavy atom. The maximum atomic E-state index is 8.57. The van der Waals surface area contributed by atoms with Gasteiger partial charge in [-0.2, -0.15) is 0 Å². The molecule has 0 aliphatic carbocycles. The maximum absolute atomic E-state index is 8.57. The Labute approximate surface area is 105 Å². The van der Waals surface area contributed by atoms with E-state index in [1.54, 1.807) is 0 Å². The van der Waals surface area contributed by atoms with Gasteiger partial charge in [0.15, 0.2) is 0 Å². The van der Waals surface area contributed by atoms with Gasteiger partial charge in [0.1, 0.15) is 0 Å². The third-order valence-electron chi connectivity index (χ3n) is 2.39. The highest BCUT2D eigenvalue weighted by molar-refractivity contribution is 9.10. The highest BCUT2D eigenvalue weighted by atomic mass is 79.9. The fourth-order valence-corrected chi connectivity index (χ4v) is 1.61. The van der Waals surface area contributed by atoms with E-state index in [4.69, 9.17) is 9.84 Å². The van der Waals surface area contributed by atoms with E-state index >= 15 is 0 Å². The average Bonchev–Trinajstić information content (AvgIpc) is 2.28. The normalized spacial score (nSPS) is 10.5. The van der Waals surface area contributed by atoms with E-state index in [0.29, 0.717) is 13.2 Å². The fourth-order valence-electron chi connectivity index (χ4n) is 1.36. The summed E-state index contributed by atoms with van der Waals surface area (Å²) in [5, 5.41) is 8.57. The molecule has 1 rings (SSSR count). The van der Waals surface area contributed by atoms with Crippen molar-refractivity contribution in [1.82, 2.24) is 0 Å². The van der Waals surface area contributed by atoms with Crippen LogP contribution in [-0.2, 0) is 4.74 Å². The maximum Gasteiger partial charge on any atom is 0.0698 e. The molecule has 1 aromatic rings. The number of anilines is 1. The largest absolute Gasteiger partial charge is 0.394 e. The van der Waals surface area contributed by atoms with Gasteiger partial charge in [-0.25, -0.2) is 0 Å². The Morgan fingerprint density at radius 1 is 1.38 bits per heavy atom. The number of ether oxygens (including phenoxy) is 1. The summed E-state index contributed by atoms with van der Waals surface area (Å²) < 4.78 is 6.35. The molecule has 0 aromatic heterocycles. The van der Waals surface area contributed by atoms with Crippen LogP contribution in [0.15, 0.2) is 22.7 Å². The summed E-state index contributed by atoms with van der Waals surface area (Å²) >= 11 is 3.48. The van der Waals surface area contributed by atoms with Gasteiger partial charge in [0.05, 0.1) is 19.8 Å². The molecule has 0 bridgehead atoms. The number of aliphatic hydroxyl groups is 1. The van der Waals surface area contributed by atoms with Crippen molar-refractivity contribution in [2.24, 2.45) is 0 Å². The van der Waals surface area contributed by atoms with Gasteiger partial charge in [0.25, 0.3) is 0 Å². The van der Waals surface area contributed by atoms with Crippen molar-refractivity contribution in [2.45, 2.75) is 6.92 Å². The molecule has 0 unspecified atom stereocenters. The van der Waals surface area contributed by atoms with E-state index < -0.39 is 0 Å². The predicted molar refractivity (Wildman–Crippen MR) is 70.1 cm³/mol. The van der Waals surface area contributed by atoms with Crippen LogP contribution in [0.1, 0.15) is 5.56 Å². The molecular weight excluding hydrogens is 270 g/mol. The molecule has 0 heterocycles. The SMILES string of the molecule is Cc1cc(N(C)CCOCCO)ccc1Br. The quantitative estimate of drug-likeness (QED) is 0.815. The molecule has 0 aliphatic rings. The zero-order valence-corrected chi connectivity index (χ0v) is 11.3. The van der Waals surface area contributed by atoms with Crippen molar-refractivity contribution in [1.29, 1.82) is 0 Å². The van der Waals surface area contributed by atoms with Crippen molar-refractivity contribution < 1.29 is 9.84 Å². The molecule has 0 saturated heterocycles. The van der Waals surface area contributed by atoms with Crippen LogP contribution in [0, 0.1) is 6.92 Å². The van der Waals surface area contributed by atoms with Gasteiger partial charge >= 0.3 is 0 Å². The zero-order chi connectivity index (χ0) is 12.0. The molecule has 4 heteroatoms. The highest BCUT2D eigenvalue weighted by Crippen LogP contribution is 2.21. The Hall–Kier alpha value is -0.580. The van der Waals surface area contributed by atoms with E-state index in [0.717, 1.165) is 11.0 Å². The van der Waals surface area contributed by atoms with Gasteiger partial charge in [-0.3, -0.25) is 0 Å². The van der Waals surface area contributed by atoms with Crippen LogP contribution in [-0.4, -0.2) is 38.5 Å². The Morgan fingerprint density at radius 3 is 2.75 bits per heavy atom. The monoisotopic (exact) mass is 287 g/mol. The number of halogens is 1. The lowest BCUT2D eigenvalue weighted by atomic mass is 10.2. The predicted octanol–water partition coefficient (Wildman–Crippen LogP) is 2.20. The topological polar surface area (TPSA) is 32.7 Å². The van der Waals surface area contributed by atoms with Gasteiger partial charge in [0, 0.05) is 23.8 Å². The van der Waals surface area contributed by atoms with Crippen molar-refractivity contribution in [3.63, 3.8) is 0 Å². The minimum Gasteiger partial charge on any atom is -0.394 e. The van der Waals surface area contributed by atoms with Crippen molar-refractivity contribution in [2.75, 3.05) is 38.3 Å². The van der Waals surface area contributed by atoms with Gasteiger partial charge in [-0.1, -0.05) is 15.9 Å². The highest BCUT2D eigenvalue weighted by Gasteiger charge is 2.02. The average molecular weight is 288 g/mol. The molecule has 0 fully saturated rings. The number of benzene rings is 1. The van der Waals surface area contributed by atoms with E-state index in [1.165, 1.54) is 11.3 Å². The third-order valence-corrected chi connectivity index (χ3v) is 3.28. The lowest BCUT2D eigenvalue weighted by Crippen LogP contribution is -2.23. The first-order chi connectivity index (χ1) is 7.65. The fraction of sp³-hybridized carbons (Fsp3) is 0.500. The third kappa shape index (κ3) is 4.12. The van der Waals surface area contributed by atoms with Gasteiger partial charge < -0.3 is 14.7 Å². The number of rotatable bonds is 6. The first-order valence-electron chi connectivity index (χ1n) is 5.31. The minimum absolute atomic E-state index is 0.0844. The van der Waals surface area contributed by atoms with Gasteiger partial charge in [-0.05, 0) is 30.7 Å². The molecule has 16 heavy (non-hydrogen) atoms. The smallest absolute Gasteiger partial charge is 0.0698 e. The Kier molecular flexibility index (Phi) is 5.80. The first-order valence-corrected chi connectivity index (χ1v) is 6.10. The number of aryl methyl sites for hydroxylation is 1. The summed E-state index contributed by atoms with van der Waals surface area (Å²) in [5.41, 5.74) is 2.40. The van der Waals surface area contributed by atoms with E-state index in [1.807, 2.05) is 7.05 Å². The number of likely N-dealkylation sites (N-methyl/N-ethyl adjacent to an activating group) is 1. The second-order valence-electron chi connectivity index (χ2n) is 3.69. The van der Waals surface area contributed by atoms with Crippen LogP contribution in [0.5, 0.6) is 0 Å². The molecule has 90 valence electrons. The van der Waals surface area contributed by atoms with E-state index in [-0.39, 0.29) is 6.61 Å². The molecule has 0 saturated carbocycles. The molecule has 0 amide bonds. The van der Waals surface area contributed by atoms with Crippen LogP contribution in [0.3, 0.4) is 0 Å². The molecule has 3 nitrogen and oxygen atoms in total. The summed E-state index contributed by atoms with van der Waals surface area (Å²) in [5.74, 6) is 0. The summed E-state index contributed by atoms with van der Waals surface area (Å²) in [6, 6.07) is 6.26. The van der Waals surface area contributed by atoms with Crippen molar-refractivity contribution >= 4 is 21.6 Å². The van der Waals surface area contributed by atoms with E-state index in [2.05, 4.69) is 46.0 Å². The molecule has 0 spiro atoms. The van der Waals surface area contributed by atoms with Crippen LogP contribution in [0.25, 0.3) is 0 Å². The number of hydrogen-bond acceptors (Lipinski definition) is 3. The summed E-state index contributed by atoms with van der Waals surface area (Å²) in [7, 11) is 2.03. The Bertz CT molecular complexity index is 331. The minimum atomic E-state index is 0.0844. The van der Waals surface area contributed by atoms with Gasteiger partial charge in [0.2, 0.25) is 0 Å². The summed E-state index contributed by atoms with van der Waals surface area (Å²) in [4.78, 5) is 2.14. The first kappa shape index (κ1) is 13.5. The molecule has 0 radical (unpaired) electrons. The zero-order valence-electron chi connectivity index (χ0n) is 9.74. The summed E-state index contributed by atoms with van der Waals surface area (Å²) in [6.07, 6.45) is 0. The van der Waals surface area contributed by atoms with Crippen LogP contribution in [0.2, 0.25) is 0 Å². The number of hydrogen-bond donors (Lipinski definition) is 1. The standard InChI is InChI=1S/C12H18BrNO2/c1-10-9-11(3-4-12(10)13)14(2)5-7-16-8-6-15/h3-4,9,15H,5-8H2,1-2H3. The van der Waals surface area contributed by atoms with Crippen LogP contribution in [0.4, 0.5) is 5.69 Å². The lowest BCUT2D eigenvalue weighted by Gasteiger charge is -2.20. The van der Waals surface area contributed by atoms with Crippen LogP contribution < -0.4 is 4.90 Å². The lowest BCUT2D eigenvalue weighted by molar-refractivity contribution is 0.0971. The Balaban J connectivity index is 2.46. The summed E-state index contributed by atoms with van der Waals surface area (Å²) in [6.45, 7) is 4.02. The molecule has 1 N–H and O–H groups in total. The molecule has 0 aliphatic heterocycles. The second-order valence-corrected chi connectivity index (χ2v) is 4.55. The number of nitrogens with zero attached hydrogens (tertiary/aromatic N) is 1.